The van der Waals surface area contributed by atoms with Crippen molar-refractivity contribution in [1.29, 1.82) is 0 Å². The van der Waals surface area contributed by atoms with E-state index in [2.05, 4.69) is 30.8 Å². The van der Waals surface area contributed by atoms with Gasteiger partial charge in [0, 0.05) is 30.7 Å². The van der Waals surface area contributed by atoms with E-state index in [9.17, 15) is 9.59 Å². The van der Waals surface area contributed by atoms with Crippen LogP contribution in [0.2, 0.25) is 0 Å². The van der Waals surface area contributed by atoms with Gasteiger partial charge >= 0.3 is 11.9 Å². The molecular weight excluding hydrogens is 609 g/mol. The van der Waals surface area contributed by atoms with Crippen molar-refractivity contribution >= 4 is 35.1 Å². The number of fused-ring (bicyclic) bond motifs is 4. The molecule has 4 aliphatic rings. The number of halogens is 2. The third-order valence-electron chi connectivity index (χ3n) is 10.3. The molecule has 6 atom stereocenters. The topological polar surface area (TPSA) is 85.1 Å². The van der Waals surface area contributed by atoms with Gasteiger partial charge in [0.15, 0.2) is 0 Å². The van der Waals surface area contributed by atoms with E-state index < -0.39 is 0 Å². The van der Waals surface area contributed by atoms with Gasteiger partial charge in [-0.3, -0.25) is 9.59 Å². The Balaban J connectivity index is 0.000000189. The second-order valence-electron chi connectivity index (χ2n) is 12.8. The van der Waals surface area contributed by atoms with E-state index in [0.29, 0.717) is 30.7 Å². The minimum Gasteiger partial charge on any atom is -0.462 e. The van der Waals surface area contributed by atoms with Crippen molar-refractivity contribution in [3.8, 4) is 0 Å². The van der Waals surface area contributed by atoms with E-state index in [1.807, 2.05) is 60.7 Å². The molecule has 0 radical (unpaired) electrons. The van der Waals surface area contributed by atoms with Crippen molar-refractivity contribution in [3.63, 3.8) is 0 Å². The highest BCUT2D eigenvalue weighted by Gasteiger charge is 2.41. The lowest BCUT2D eigenvalue weighted by Crippen LogP contribution is -2.44. The van der Waals surface area contributed by atoms with Crippen LogP contribution < -0.4 is 5.73 Å². The predicted molar refractivity (Wildman–Crippen MR) is 182 cm³/mol. The van der Waals surface area contributed by atoms with Crippen molar-refractivity contribution in [3.05, 3.63) is 71.8 Å². The SMILES string of the molecule is CCC(C(=O)OC1CC2CCC(C1)N2C)c1ccccc1.CN1C2CCC1CC(OC(=O)C(CN)c1ccccc1)C2.ClCCl. The highest BCUT2D eigenvalue weighted by Crippen LogP contribution is 2.37. The Hall–Kier alpha value is -2.16. The van der Waals surface area contributed by atoms with Gasteiger partial charge in [0.1, 0.15) is 12.2 Å². The Labute approximate surface area is 279 Å². The number of carbonyl (C=O) groups is 2. The average Bonchev–Trinajstić information content (AvgIpc) is 3.35. The molecule has 248 valence electrons. The smallest absolute Gasteiger partial charge is 0.314 e. The Bertz CT molecular complexity index is 1070. The molecule has 0 aliphatic carbocycles. The Morgan fingerprint density at radius 3 is 1.38 bits per heavy atom. The van der Waals surface area contributed by atoms with Crippen LogP contribution in [0, 0.1) is 0 Å². The lowest BCUT2D eigenvalue weighted by molar-refractivity contribution is -0.155. The molecule has 4 bridgehead atoms. The van der Waals surface area contributed by atoms with Crippen LogP contribution in [0.1, 0.15) is 87.7 Å². The second-order valence-corrected chi connectivity index (χ2v) is 13.6. The molecule has 45 heavy (non-hydrogen) atoms. The number of ether oxygens (including phenoxy) is 2. The zero-order valence-corrected chi connectivity index (χ0v) is 28.5. The zero-order valence-electron chi connectivity index (χ0n) is 27.0. The van der Waals surface area contributed by atoms with Crippen molar-refractivity contribution in [2.24, 2.45) is 5.73 Å². The predicted octanol–water partition coefficient (Wildman–Crippen LogP) is 6.67. The van der Waals surface area contributed by atoms with Gasteiger partial charge < -0.3 is 25.0 Å². The Morgan fingerprint density at radius 2 is 1.04 bits per heavy atom. The fraction of sp³-hybridized carbons (Fsp3) is 0.611. The van der Waals surface area contributed by atoms with E-state index in [4.69, 9.17) is 38.4 Å². The van der Waals surface area contributed by atoms with Crippen molar-refractivity contribution in [2.45, 2.75) is 113 Å². The molecule has 9 heteroatoms. The van der Waals surface area contributed by atoms with Crippen LogP contribution >= 0.6 is 23.2 Å². The summed E-state index contributed by atoms with van der Waals surface area (Å²) >= 11 is 9.53. The monoisotopic (exact) mass is 659 g/mol. The first kappa shape index (κ1) is 35.7. The molecule has 4 aliphatic heterocycles. The summed E-state index contributed by atoms with van der Waals surface area (Å²) in [5, 5.41) is 0.194. The normalized spacial score (nSPS) is 28.5. The largest absolute Gasteiger partial charge is 0.462 e. The van der Waals surface area contributed by atoms with Crippen molar-refractivity contribution in [2.75, 3.05) is 26.0 Å². The van der Waals surface area contributed by atoms with E-state index in [0.717, 1.165) is 43.2 Å². The van der Waals surface area contributed by atoms with Gasteiger partial charge in [-0.15, -0.1) is 23.2 Å². The highest BCUT2D eigenvalue weighted by atomic mass is 35.5. The van der Waals surface area contributed by atoms with E-state index in [1.54, 1.807) is 0 Å². The summed E-state index contributed by atoms with van der Waals surface area (Å²) < 4.78 is 11.6. The summed E-state index contributed by atoms with van der Waals surface area (Å²) in [6.45, 7) is 2.35. The molecular formula is C36H51Cl2N3O4. The summed E-state index contributed by atoms with van der Waals surface area (Å²) in [5.41, 5.74) is 7.81. The first-order valence-electron chi connectivity index (χ1n) is 16.6. The van der Waals surface area contributed by atoms with Gasteiger partial charge in [-0.05, 0) is 83.0 Å². The first-order chi connectivity index (χ1) is 21.8. The maximum absolute atomic E-state index is 12.5. The number of hydrogen-bond acceptors (Lipinski definition) is 7. The molecule has 4 fully saturated rings. The van der Waals surface area contributed by atoms with Crippen LogP contribution in [-0.4, -0.2) is 84.1 Å². The van der Waals surface area contributed by atoms with Crippen LogP contribution in [-0.2, 0) is 19.1 Å². The molecule has 0 amide bonds. The number of hydrogen-bond donors (Lipinski definition) is 1. The van der Waals surface area contributed by atoms with Crippen molar-refractivity contribution < 1.29 is 19.1 Å². The Morgan fingerprint density at radius 1 is 0.711 bits per heavy atom. The van der Waals surface area contributed by atoms with Gasteiger partial charge in [-0.2, -0.15) is 0 Å². The lowest BCUT2D eigenvalue weighted by Gasteiger charge is -2.36. The molecule has 2 aromatic carbocycles. The number of esters is 2. The maximum atomic E-state index is 12.5. The number of benzene rings is 2. The molecule has 6 rings (SSSR count). The van der Waals surface area contributed by atoms with E-state index in [-0.39, 0.29) is 41.3 Å². The third kappa shape index (κ3) is 9.45. The minimum absolute atomic E-state index is 0.0438. The fourth-order valence-corrected chi connectivity index (χ4v) is 7.69. The molecule has 7 nitrogen and oxygen atoms in total. The summed E-state index contributed by atoms with van der Waals surface area (Å²) in [6.07, 6.45) is 9.87. The van der Waals surface area contributed by atoms with Gasteiger partial charge in [-0.25, -0.2) is 0 Å². The second kappa shape index (κ2) is 17.7. The highest BCUT2D eigenvalue weighted by molar-refractivity contribution is 6.40. The molecule has 4 heterocycles. The number of nitrogens with zero attached hydrogens (tertiary/aromatic N) is 2. The molecule has 6 unspecified atom stereocenters. The van der Waals surface area contributed by atoms with Crippen LogP contribution in [0.4, 0.5) is 0 Å². The van der Waals surface area contributed by atoms with E-state index >= 15 is 0 Å². The molecule has 0 spiro atoms. The zero-order chi connectivity index (χ0) is 32.3. The van der Waals surface area contributed by atoms with E-state index in [1.165, 1.54) is 25.7 Å². The summed E-state index contributed by atoms with van der Waals surface area (Å²) in [6, 6.07) is 22.1. The molecule has 0 saturated carbocycles. The van der Waals surface area contributed by atoms with Crippen LogP contribution in [0.25, 0.3) is 0 Å². The summed E-state index contributed by atoms with van der Waals surface area (Å²) in [4.78, 5) is 29.9. The summed E-state index contributed by atoms with van der Waals surface area (Å²) in [5.74, 6) is -0.678. The molecule has 2 N–H and O–H groups in total. The van der Waals surface area contributed by atoms with Crippen LogP contribution in [0.3, 0.4) is 0 Å². The fourth-order valence-electron chi connectivity index (χ4n) is 7.69. The lowest BCUT2D eigenvalue weighted by atomic mass is 9.96. The maximum Gasteiger partial charge on any atom is 0.314 e. The summed E-state index contributed by atoms with van der Waals surface area (Å²) in [7, 11) is 4.40. The molecule has 4 saturated heterocycles. The Kier molecular flexibility index (Phi) is 14.0. The van der Waals surface area contributed by atoms with Gasteiger partial charge in [0.25, 0.3) is 0 Å². The number of carbonyl (C=O) groups excluding carboxylic acids is 2. The van der Waals surface area contributed by atoms with Gasteiger partial charge in [0.05, 0.1) is 17.2 Å². The average molecular weight is 661 g/mol. The van der Waals surface area contributed by atoms with Crippen LogP contribution in [0.5, 0.6) is 0 Å². The van der Waals surface area contributed by atoms with Gasteiger partial charge in [-0.1, -0.05) is 67.6 Å². The van der Waals surface area contributed by atoms with Gasteiger partial charge in [0.2, 0.25) is 0 Å². The third-order valence-corrected chi connectivity index (χ3v) is 10.3. The number of nitrogens with two attached hydrogens (primary N) is 1. The standard InChI is InChI=1S/C18H25NO2.C17H24N2O2.CH2Cl2/c1-3-17(13-7-5-4-6-8-13)18(20)21-16-11-14-9-10-15(12-16)19(14)2;1-19-13-7-8-14(19)10-15(9-13)21-17(20)16(11-18)12-5-3-2-4-6-12;2-1-3/h4-8,14-17H,3,9-12H2,1-2H3;2-6,13-16H,7-11,18H2,1H3;1H2. The quantitative estimate of drug-likeness (QED) is 0.250. The number of piperidine rings is 2. The minimum atomic E-state index is -0.344. The molecule has 2 aromatic rings. The van der Waals surface area contributed by atoms with Crippen molar-refractivity contribution in [1.82, 2.24) is 9.80 Å². The molecule has 0 aromatic heterocycles. The number of alkyl halides is 2. The number of rotatable bonds is 8. The van der Waals surface area contributed by atoms with Crippen LogP contribution in [0.15, 0.2) is 60.7 Å². The first-order valence-corrected chi connectivity index (χ1v) is 17.6.